The zero-order valence-corrected chi connectivity index (χ0v) is 15.8. The molecule has 4 rings (SSSR count). The summed E-state index contributed by atoms with van der Waals surface area (Å²) in [6.45, 7) is 0. The summed E-state index contributed by atoms with van der Waals surface area (Å²) in [6.07, 6.45) is 1.58. The van der Waals surface area contributed by atoms with Gasteiger partial charge in [-0.2, -0.15) is 5.26 Å². The van der Waals surface area contributed by atoms with Gasteiger partial charge in [-0.05, 0) is 29.7 Å². The van der Waals surface area contributed by atoms with E-state index < -0.39 is 0 Å². The highest BCUT2D eigenvalue weighted by Gasteiger charge is 2.11. The second kappa shape index (κ2) is 7.51. The van der Waals surface area contributed by atoms with E-state index in [1.165, 1.54) is 11.3 Å². The van der Waals surface area contributed by atoms with Crippen molar-refractivity contribution in [2.45, 2.75) is 0 Å². The smallest absolute Gasteiger partial charge is 0.255 e. The van der Waals surface area contributed by atoms with Crippen LogP contribution in [-0.4, -0.2) is 17.1 Å². The lowest BCUT2D eigenvalue weighted by Gasteiger charge is -2.03. The average molecular weight is 385 g/mol. The van der Waals surface area contributed by atoms with Gasteiger partial charge in [-0.25, -0.2) is 4.98 Å². The Bertz CT molecular complexity index is 1280. The number of benzene rings is 2. The number of hydrogen-bond donors (Lipinski definition) is 1. The predicted molar refractivity (Wildman–Crippen MR) is 112 cm³/mol. The maximum Gasteiger partial charge on any atom is 0.255 e. The Kier molecular flexibility index (Phi) is 4.75. The number of H-pyrrole nitrogens is 1. The third kappa shape index (κ3) is 3.43. The molecule has 0 amide bonds. The molecule has 0 radical (unpaired) electrons. The molecule has 0 fully saturated rings. The third-order valence-electron chi connectivity index (χ3n) is 4.31. The SMILES string of the molecule is COc1ccc2cc(/C=C(\C#N)c3nc(-c4ccccc4)cs3)c(=O)[nH]c2c1. The van der Waals surface area contributed by atoms with Gasteiger partial charge < -0.3 is 9.72 Å². The third-order valence-corrected chi connectivity index (χ3v) is 5.18. The van der Waals surface area contributed by atoms with E-state index in [4.69, 9.17) is 4.74 Å². The van der Waals surface area contributed by atoms with E-state index in [1.807, 2.05) is 47.8 Å². The van der Waals surface area contributed by atoms with Crippen LogP contribution in [-0.2, 0) is 0 Å². The fourth-order valence-corrected chi connectivity index (χ4v) is 3.66. The van der Waals surface area contributed by atoms with Crippen LogP contribution in [0, 0.1) is 11.3 Å². The molecule has 0 unspecified atom stereocenters. The van der Waals surface area contributed by atoms with Crippen LogP contribution in [0.15, 0.2) is 64.8 Å². The van der Waals surface area contributed by atoms with Crippen LogP contribution in [0.2, 0.25) is 0 Å². The van der Waals surface area contributed by atoms with Gasteiger partial charge in [0.2, 0.25) is 0 Å². The lowest BCUT2D eigenvalue weighted by molar-refractivity contribution is 0.415. The van der Waals surface area contributed by atoms with Gasteiger partial charge in [-0.3, -0.25) is 4.79 Å². The van der Waals surface area contributed by atoms with Crippen LogP contribution in [0.25, 0.3) is 33.8 Å². The predicted octanol–water partition coefficient (Wildman–Crippen LogP) is 4.72. The van der Waals surface area contributed by atoms with Gasteiger partial charge in [-0.15, -0.1) is 11.3 Å². The van der Waals surface area contributed by atoms with E-state index in [0.29, 0.717) is 27.4 Å². The van der Waals surface area contributed by atoms with Crippen LogP contribution < -0.4 is 10.3 Å². The summed E-state index contributed by atoms with van der Waals surface area (Å²) < 4.78 is 5.19. The Balaban J connectivity index is 1.75. The molecule has 0 atom stereocenters. The number of rotatable bonds is 4. The molecule has 0 spiro atoms. The number of allylic oxidation sites excluding steroid dienone is 1. The fraction of sp³-hybridized carbons (Fsp3) is 0.0455. The number of nitrogens with one attached hydrogen (secondary N) is 1. The van der Waals surface area contributed by atoms with Crippen LogP contribution >= 0.6 is 11.3 Å². The summed E-state index contributed by atoms with van der Waals surface area (Å²) >= 11 is 1.38. The summed E-state index contributed by atoms with van der Waals surface area (Å²) in [4.78, 5) is 19.9. The standard InChI is InChI=1S/C22H15N3O2S/c1-27-18-8-7-15-9-16(21(26)24-19(15)11-18)10-17(12-23)22-25-20(13-28-22)14-5-3-2-4-6-14/h2-11,13H,1H3,(H,24,26)/b17-10+. The molecule has 2 heterocycles. The van der Waals surface area contributed by atoms with Crippen molar-refractivity contribution in [1.82, 2.24) is 9.97 Å². The van der Waals surface area contributed by atoms with Crippen molar-refractivity contribution in [2.24, 2.45) is 0 Å². The van der Waals surface area contributed by atoms with Crippen molar-refractivity contribution in [2.75, 3.05) is 7.11 Å². The zero-order valence-electron chi connectivity index (χ0n) is 15.0. The molecule has 5 nitrogen and oxygen atoms in total. The quantitative estimate of drug-likeness (QED) is 0.515. The van der Waals surface area contributed by atoms with Crippen molar-refractivity contribution >= 4 is 33.9 Å². The molecule has 2 aromatic carbocycles. The number of nitrogens with zero attached hydrogens (tertiary/aromatic N) is 2. The number of aromatic nitrogens is 2. The highest BCUT2D eigenvalue weighted by atomic mass is 32.1. The minimum atomic E-state index is -0.270. The first-order valence-corrected chi connectivity index (χ1v) is 9.40. The first kappa shape index (κ1) is 17.7. The summed E-state index contributed by atoms with van der Waals surface area (Å²) in [6, 6.07) is 19.1. The Morgan fingerprint density at radius 2 is 2.04 bits per heavy atom. The second-order valence-electron chi connectivity index (χ2n) is 6.08. The van der Waals surface area contributed by atoms with E-state index in [0.717, 1.165) is 16.6 Å². The Hall–Kier alpha value is -3.69. The molecule has 136 valence electrons. The second-order valence-corrected chi connectivity index (χ2v) is 6.94. The number of pyridine rings is 1. The fourth-order valence-electron chi connectivity index (χ4n) is 2.87. The number of methoxy groups -OCH3 is 1. The largest absolute Gasteiger partial charge is 0.497 e. The van der Waals surface area contributed by atoms with Crippen LogP contribution in [0.3, 0.4) is 0 Å². The van der Waals surface area contributed by atoms with E-state index in [-0.39, 0.29) is 5.56 Å². The molecular formula is C22H15N3O2S. The molecule has 6 heteroatoms. The normalized spacial score (nSPS) is 11.4. The zero-order chi connectivity index (χ0) is 19.5. The van der Waals surface area contributed by atoms with Gasteiger partial charge in [0.25, 0.3) is 5.56 Å². The van der Waals surface area contributed by atoms with E-state index in [1.54, 1.807) is 25.3 Å². The van der Waals surface area contributed by atoms with Gasteiger partial charge in [0.1, 0.15) is 16.8 Å². The lowest BCUT2D eigenvalue weighted by Crippen LogP contribution is -2.09. The molecule has 0 aliphatic rings. The Morgan fingerprint density at radius 3 is 2.79 bits per heavy atom. The first-order valence-electron chi connectivity index (χ1n) is 8.52. The molecule has 1 N–H and O–H groups in total. The van der Waals surface area contributed by atoms with Gasteiger partial charge in [0.05, 0.1) is 23.9 Å². The van der Waals surface area contributed by atoms with Gasteiger partial charge in [0, 0.05) is 22.6 Å². The van der Waals surface area contributed by atoms with Gasteiger partial charge in [-0.1, -0.05) is 30.3 Å². The van der Waals surface area contributed by atoms with Crippen LogP contribution in [0.4, 0.5) is 0 Å². The number of ether oxygens (including phenoxy) is 1. The van der Waals surface area contributed by atoms with E-state index in [9.17, 15) is 10.1 Å². The number of hydrogen-bond acceptors (Lipinski definition) is 5. The van der Waals surface area contributed by atoms with E-state index >= 15 is 0 Å². The van der Waals surface area contributed by atoms with Crippen LogP contribution in [0.5, 0.6) is 5.75 Å². The highest BCUT2D eigenvalue weighted by Crippen LogP contribution is 2.27. The van der Waals surface area contributed by atoms with Crippen LogP contribution in [0.1, 0.15) is 10.6 Å². The summed E-state index contributed by atoms with van der Waals surface area (Å²) in [5, 5.41) is 13.0. The van der Waals surface area contributed by atoms with Gasteiger partial charge >= 0.3 is 0 Å². The van der Waals surface area contributed by atoms with Crippen molar-refractivity contribution in [3.63, 3.8) is 0 Å². The molecule has 28 heavy (non-hydrogen) atoms. The van der Waals surface area contributed by atoms with Crippen molar-refractivity contribution in [3.8, 4) is 23.1 Å². The van der Waals surface area contributed by atoms with Crippen molar-refractivity contribution in [1.29, 1.82) is 5.26 Å². The summed E-state index contributed by atoms with van der Waals surface area (Å²) in [5.41, 5.74) is 2.96. The maximum atomic E-state index is 12.5. The molecule has 2 aromatic heterocycles. The number of nitriles is 1. The molecule has 0 aliphatic heterocycles. The molecule has 0 bridgehead atoms. The Labute approximate surface area is 165 Å². The van der Waals surface area contributed by atoms with Crippen molar-refractivity contribution < 1.29 is 4.74 Å². The number of aromatic amines is 1. The van der Waals surface area contributed by atoms with E-state index in [2.05, 4.69) is 16.0 Å². The Morgan fingerprint density at radius 1 is 1.21 bits per heavy atom. The lowest BCUT2D eigenvalue weighted by atomic mass is 10.1. The minimum Gasteiger partial charge on any atom is -0.497 e. The summed E-state index contributed by atoms with van der Waals surface area (Å²) in [5.74, 6) is 0.667. The summed E-state index contributed by atoms with van der Waals surface area (Å²) in [7, 11) is 1.58. The molecule has 0 saturated carbocycles. The monoisotopic (exact) mass is 385 g/mol. The highest BCUT2D eigenvalue weighted by molar-refractivity contribution is 7.11. The molecule has 4 aromatic rings. The molecule has 0 aliphatic carbocycles. The molecule has 0 saturated heterocycles. The minimum absolute atomic E-state index is 0.270. The maximum absolute atomic E-state index is 12.5. The first-order chi connectivity index (χ1) is 13.7. The molecular weight excluding hydrogens is 370 g/mol. The topological polar surface area (TPSA) is 78.8 Å². The van der Waals surface area contributed by atoms with Gasteiger partial charge in [0.15, 0.2) is 0 Å². The average Bonchev–Trinajstić information content (AvgIpc) is 3.22. The van der Waals surface area contributed by atoms with Crippen molar-refractivity contribution in [3.05, 3.63) is 80.9 Å². The number of fused-ring (bicyclic) bond motifs is 1. The number of thiazole rings is 1.